The zero-order valence-corrected chi connectivity index (χ0v) is 17.8. The Morgan fingerprint density at radius 3 is 2.88 bits per heavy atom. The van der Waals surface area contributed by atoms with E-state index in [0.717, 1.165) is 17.7 Å². The Balaban J connectivity index is 1.44. The van der Waals surface area contributed by atoms with Crippen LogP contribution in [-0.2, 0) is 7.05 Å². The third-order valence-corrected chi connectivity index (χ3v) is 6.32. The maximum atomic E-state index is 15.5. The number of hydrogen-bond donors (Lipinski definition) is 2. The third-order valence-electron chi connectivity index (χ3n) is 6.32. The average molecular weight is 443 g/mol. The van der Waals surface area contributed by atoms with Crippen LogP contribution in [0.1, 0.15) is 36.7 Å². The van der Waals surface area contributed by atoms with Crippen LogP contribution < -0.4 is 10.2 Å². The van der Waals surface area contributed by atoms with Gasteiger partial charge in [-0.3, -0.25) is 0 Å². The summed E-state index contributed by atoms with van der Waals surface area (Å²) in [4.78, 5) is 6.58. The molecule has 4 atom stereocenters. The molecular weight excluding hydrogens is 413 g/mol. The maximum Gasteiger partial charge on any atom is 0.205 e. The van der Waals surface area contributed by atoms with E-state index >= 15 is 4.39 Å². The van der Waals surface area contributed by atoms with Gasteiger partial charge in [0.1, 0.15) is 11.9 Å². The van der Waals surface area contributed by atoms with E-state index in [0.29, 0.717) is 29.8 Å². The number of phenolic OH excluding ortho intramolecular Hbond substituents is 1. The fourth-order valence-corrected chi connectivity index (χ4v) is 4.71. The number of fused-ring (bicyclic) bond motifs is 2. The first-order valence-corrected chi connectivity index (χ1v) is 10.5. The molecule has 4 heterocycles. The van der Waals surface area contributed by atoms with Crippen LogP contribution in [-0.4, -0.2) is 71.3 Å². The molecule has 0 saturated carbocycles. The molecule has 0 spiro atoms. The van der Waals surface area contributed by atoms with Gasteiger partial charge in [-0.05, 0) is 50.0 Å². The highest BCUT2D eigenvalue weighted by molar-refractivity contribution is 5.69. The number of phenols is 1. The molecule has 0 amide bonds. The Morgan fingerprint density at radius 1 is 1.31 bits per heavy atom. The lowest BCUT2D eigenvalue weighted by Gasteiger charge is -2.51. The van der Waals surface area contributed by atoms with Crippen molar-refractivity contribution in [3.63, 3.8) is 0 Å². The molecule has 168 valence electrons. The second-order valence-electron chi connectivity index (χ2n) is 8.76. The molecule has 1 aromatic carbocycles. The molecule has 2 fully saturated rings. The number of tetrazole rings is 1. The van der Waals surface area contributed by atoms with Crippen molar-refractivity contribution in [1.29, 1.82) is 0 Å². The number of anilines is 1. The normalized spacial score (nSPS) is 29.1. The molecule has 2 bridgehead atoms. The van der Waals surface area contributed by atoms with Crippen LogP contribution >= 0.6 is 0 Å². The summed E-state index contributed by atoms with van der Waals surface area (Å²) in [5, 5.41) is 33.8. The quantitative estimate of drug-likeness (QED) is 0.624. The fourth-order valence-electron chi connectivity index (χ4n) is 4.71. The lowest BCUT2D eigenvalue weighted by molar-refractivity contribution is 0.0607. The van der Waals surface area contributed by atoms with E-state index in [1.807, 2.05) is 6.92 Å². The van der Waals surface area contributed by atoms with Crippen LogP contribution in [0.4, 0.5) is 10.2 Å². The minimum absolute atomic E-state index is 0.0372. The standard InChI is InChI=1S/C21H26FN9O/c1-21-8-4-5-14(24-21)18(22)15(10-21)30(2)17-11-23-20(26-25-17)13-7-6-12(9-16(13)32)19-27-29-31(3)28-19/h6-7,9,11,14-15,18,24,32H,4-5,8,10H2,1-3H3/t14-,15-,18+,21-/m0/s1/i2D3. The van der Waals surface area contributed by atoms with E-state index in [-0.39, 0.29) is 22.9 Å². The minimum atomic E-state index is -2.64. The summed E-state index contributed by atoms with van der Waals surface area (Å²) in [5.74, 6) is 0.282. The molecular formula is C21H26FN9O. The van der Waals surface area contributed by atoms with Crippen molar-refractivity contribution in [1.82, 2.24) is 40.7 Å². The molecule has 32 heavy (non-hydrogen) atoms. The number of rotatable bonds is 4. The molecule has 11 heteroatoms. The zero-order valence-electron chi connectivity index (χ0n) is 20.8. The topological polar surface area (TPSA) is 118 Å². The van der Waals surface area contributed by atoms with Crippen molar-refractivity contribution in [3.05, 3.63) is 24.4 Å². The molecule has 2 N–H and O–H groups in total. The molecule has 0 aliphatic carbocycles. The summed E-state index contributed by atoms with van der Waals surface area (Å²) in [5.41, 5.74) is 0.507. The van der Waals surface area contributed by atoms with Gasteiger partial charge in [0, 0.05) is 28.2 Å². The Kier molecular flexibility index (Phi) is 4.19. The molecule has 10 nitrogen and oxygen atoms in total. The van der Waals surface area contributed by atoms with E-state index in [2.05, 4.69) is 35.9 Å². The lowest BCUT2D eigenvalue weighted by Crippen LogP contribution is -2.66. The number of aromatic hydroxyl groups is 1. The molecule has 2 aliphatic heterocycles. The summed E-state index contributed by atoms with van der Waals surface area (Å²) < 4.78 is 39.8. The molecule has 2 aromatic heterocycles. The largest absolute Gasteiger partial charge is 0.507 e. The predicted octanol–water partition coefficient (Wildman–Crippen LogP) is 1.88. The van der Waals surface area contributed by atoms with Gasteiger partial charge in [-0.2, -0.15) is 4.80 Å². The first kappa shape index (κ1) is 17.4. The number of aryl methyl sites for hydroxylation is 1. The molecule has 0 radical (unpaired) electrons. The Morgan fingerprint density at radius 2 is 2.19 bits per heavy atom. The fraction of sp³-hybridized carbons (Fsp3) is 0.524. The van der Waals surface area contributed by atoms with Crippen molar-refractivity contribution in [2.75, 3.05) is 11.9 Å². The van der Waals surface area contributed by atoms with Crippen LogP contribution in [0.5, 0.6) is 5.75 Å². The SMILES string of the molecule is [2H]C([2H])([2H])N(c1cnc(-c2ccc(-c3nnn(C)n3)cc2O)nn1)[C@H]1C[C@]2(C)CCC[C@H](N2)[C@H]1F. The van der Waals surface area contributed by atoms with Crippen LogP contribution in [0.2, 0.25) is 0 Å². The van der Waals surface area contributed by atoms with Crippen molar-refractivity contribution in [3.8, 4) is 28.5 Å². The smallest absolute Gasteiger partial charge is 0.205 e. The number of benzene rings is 1. The van der Waals surface area contributed by atoms with Crippen LogP contribution in [0.15, 0.2) is 24.4 Å². The Labute approximate surface area is 189 Å². The number of alkyl halides is 1. The number of halogens is 1. The zero-order chi connectivity index (χ0) is 25.0. The maximum absolute atomic E-state index is 15.5. The van der Waals surface area contributed by atoms with Gasteiger partial charge >= 0.3 is 0 Å². The van der Waals surface area contributed by atoms with Crippen molar-refractivity contribution in [2.24, 2.45) is 7.05 Å². The third kappa shape index (κ3) is 3.66. The summed E-state index contributed by atoms with van der Waals surface area (Å²) in [6.45, 7) is -0.631. The van der Waals surface area contributed by atoms with Gasteiger partial charge in [0.2, 0.25) is 5.82 Å². The number of nitrogens with zero attached hydrogens (tertiary/aromatic N) is 8. The summed E-state index contributed by atoms with van der Waals surface area (Å²) in [6, 6.07) is 3.43. The van der Waals surface area contributed by atoms with Gasteiger partial charge in [-0.25, -0.2) is 9.37 Å². The van der Waals surface area contributed by atoms with E-state index < -0.39 is 25.2 Å². The number of hydrogen-bond acceptors (Lipinski definition) is 9. The van der Waals surface area contributed by atoms with Crippen LogP contribution in [0.25, 0.3) is 22.8 Å². The van der Waals surface area contributed by atoms with Crippen molar-refractivity contribution >= 4 is 5.82 Å². The van der Waals surface area contributed by atoms with Crippen molar-refractivity contribution < 1.29 is 13.6 Å². The molecule has 3 aromatic rings. The first-order chi connectivity index (χ1) is 16.5. The summed E-state index contributed by atoms with van der Waals surface area (Å²) >= 11 is 0. The van der Waals surface area contributed by atoms with Crippen LogP contribution in [0.3, 0.4) is 0 Å². The van der Waals surface area contributed by atoms with Gasteiger partial charge in [0.15, 0.2) is 11.6 Å². The second-order valence-corrected chi connectivity index (χ2v) is 8.76. The monoisotopic (exact) mass is 442 g/mol. The van der Waals surface area contributed by atoms with E-state index in [1.54, 1.807) is 19.2 Å². The van der Waals surface area contributed by atoms with E-state index in [4.69, 9.17) is 4.11 Å². The number of aromatic nitrogens is 7. The highest BCUT2D eigenvalue weighted by Gasteiger charge is 2.47. The van der Waals surface area contributed by atoms with Gasteiger partial charge in [-0.1, -0.05) is 6.07 Å². The van der Waals surface area contributed by atoms with Crippen LogP contribution in [0, 0.1) is 0 Å². The highest BCUT2D eigenvalue weighted by Crippen LogP contribution is 2.38. The Bertz CT molecular complexity index is 1220. The molecule has 0 unspecified atom stereocenters. The summed E-state index contributed by atoms with van der Waals surface area (Å²) in [7, 11) is 1.63. The average Bonchev–Trinajstić information content (AvgIpc) is 3.23. The number of piperidine rings is 2. The second kappa shape index (κ2) is 7.73. The first-order valence-electron chi connectivity index (χ1n) is 12.0. The minimum Gasteiger partial charge on any atom is -0.507 e. The van der Waals surface area contributed by atoms with Crippen molar-refractivity contribution in [2.45, 2.75) is 56.4 Å². The Hall–Kier alpha value is -3.21. The van der Waals surface area contributed by atoms with E-state index in [9.17, 15) is 5.11 Å². The van der Waals surface area contributed by atoms with E-state index in [1.165, 1.54) is 17.1 Å². The van der Waals surface area contributed by atoms with Gasteiger partial charge in [0.25, 0.3) is 0 Å². The van der Waals surface area contributed by atoms with Gasteiger partial charge in [0.05, 0.1) is 24.8 Å². The summed E-state index contributed by atoms with van der Waals surface area (Å²) in [6.07, 6.45) is 2.62. The molecule has 2 saturated heterocycles. The molecule has 2 aliphatic rings. The predicted molar refractivity (Wildman–Crippen MR) is 116 cm³/mol. The van der Waals surface area contributed by atoms with Gasteiger partial charge in [-0.15, -0.1) is 20.4 Å². The number of nitrogens with one attached hydrogen (secondary N) is 1. The van der Waals surface area contributed by atoms with Gasteiger partial charge < -0.3 is 15.3 Å². The lowest BCUT2D eigenvalue weighted by atomic mass is 9.74. The highest BCUT2D eigenvalue weighted by atomic mass is 19.1. The molecule has 5 rings (SSSR count).